The molecule has 178 valence electrons. The molecule has 0 unspecified atom stereocenters. The summed E-state index contributed by atoms with van der Waals surface area (Å²) >= 11 is 0. The standard InChI is InChI=1S/C29H31FO4/c1-3-4-20-5-7-21(8-6-20)23-11-18-27(28(30)19-23)22-9-12-25(13-10-22)33-29(31)34-26-16-14-24(32-2)15-17-26/h9-21H,3-8H2,1-2H3/t20-,21-. The van der Waals surface area contributed by atoms with Crippen molar-refractivity contribution < 1.29 is 23.4 Å². The van der Waals surface area contributed by atoms with E-state index in [1.54, 1.807) is 61.7 Å². The van der Waals surface area contributed by atoms with E-state index in [0.717, 1.165) is 29.9 Å². The molecule has 1 fully saturated rings. The number of methoxy groups -OCH3 is 1. The van der Waals surface area contributed by atoms with Gasteiger partial charge < -0.3 is 14.2 Å². The minimum atomic E-state index is -0.845. The largest absolute Gasteiger partial charge is 0.519 e. The predicted molar refractivity (Wildman–Crippen MR) is 131 cm³/mol. The summed E-state index contributed by atoms with van der Waals surface area (Å²) in [6.07, 6.45) is 6.46. The lowest BCUT2D eigenvalue weighted by Gasteiger charge is -2.28. The van der Waals surface area contributed by atoms with E-state index in [9.17, 15) is 9.18 Å². The molecular formula is C29H31FO4. The smallest absolute Gasteiger partial charge is 0.497 e. The predicted octanol–water partition coefficient (Wildman–Crippen LogP) is 8.15. The fourth-order valence-electron chi connectivity index (χ4n) is 4.77. The average Bonchev–Trinajstić information content (AvgIpc) is 2.86. The van der Waals surface area contributed by atoms with Crippen molar-refractivity contribution in [2.45, 2.75) is 51.4 Å². The first kappa shape index (κ1) is 23.8. The van der Waals surface area contributed by atoms with Crippen LogP contribution in [0.1, 0.15) is 56.9 Å². The van der Waals surface area contributed by atoms with Gasteiger partial charge in [0.25, 0.3) is 0 Å². The van der Waals surface area contributed by atoms with E-state index in [1.165, 1.54) is 25.7 Å². The number of halogens is 1. The topological polar surface area (TPSA) is 44.8 Å². The zero-order valence-electron chi connectivity index (χ0n) is 19.8. The van der Waals surface area contributed by atoms with Crippen LogP contribution in [0.5, 0.6) is 17.2 Å². The Labute approximate surface area is 200 Å². The molecule has 3 aromatic carbocycles. The van der Waals surface area contributed by atoms with Gasteiger partial charge in [0.05, 0.1) is 7.11 Å². The summed E-state index contributed by atoms with van der Waals surface area (Å²) in [6.45, 7) is 2.24. The highest BCUT2D eigenvalue weighted by atomic mass is 19.1. The number of carbonyl (C=O) groups is 1. The molecular weight excluding hydrogens is 431 g/mol. The van der Waals surface area contributed by atoms with E-state index in [2.05, 4.69) is 13.0 Å². The van der Waals surface area contributed by atoms with Crippen LogP contribution in [0.3, 0.4) is 0 Å². The third-order valence-corrected chi connectivity index (χ3v) is 6.64. The van der Waals surface area contributed by atoms with Crippen LogP contribution < -0.4 is 14.2 Å². The van der Waals surface area contributed by atoms with Crippen LogP contribution in [-0.4, -0.2) is 13.3 Å². The zero-order chi connectivity index (χ0) is 23.9. The Morgan fingerprint density at radius 2 is 1.44 bits per heavy atom. The van der Waals surface area contributed by atoms with E-state index >= 15 is 0 Å². The molecule has 4 rings (SSSR count). The Morgan fingerprint density at radius 1 is 0.853 bits per heavy atom. The van der Waals surface area contributed by atoms with Crippen molar-refractivity contribution in [3.8, 4) is 28.4 Å². The molecule has 0 heterocycles. The minimum Gasteiger partial charge on any atom is -0.497 e. The number of rotatable bonds is 7. The van der Waals surface area contributed by atoms with Gasteiger partial charge in [-0.05, 0) is 91.1 Å². The second kappa shape index (κ2) is 11.2. The highest BCUT2D eigenvalue weighted by molar-refractivity contribution is 5.69. The number of ether oxygens (including phenoxy) is 3. The summed E-state index contributed by atoms with van der Waals surface area (Å²) in [7, 11) is 1.56. The fraction of sp³-hybridized carbons (Fsp3) is 0.345. The van der Waals surface area contributed by atoms with Crippen molar-refractivity contribution in [2.75, 3.05) is 7.11 Å². The summed E-state index contributed by atoms with van der Waals surface area (Å²) < 4.78 is 30.5. The van der Waals surface area contributed by atoms with Gasteiger partial charge in [-0.1, -0.05) is 44.0 Å². The molecule has 1 aliphatic rings. The summed E-state index contributed by atoms with van der Waals surface area (Å²) in [6, 6.07) is 19.0. The first-order chi connectivity index (χ1) is 16.6. The van der Waals surface area contributed by atoms with Gasteiger partial charge in [0, 0.05) is 5.56 Å². The second-order valence-corrected chi connectivity index (χ2v) is 8.90. The maximum atomic E-state index is 15.0. The Balaban J connectivity index is 1.36. The molecule has 1 saturated carbocycles. The number of hydrogen-bond acceptors (Lipinski definition) is 4. The number of hydrogen-bond donors (Lipinski definition) is 0. The van der Waals surface area contributed by atoms with E-state index < -0.39 is 6.16 Å². The van der Waals surface area contributed by atoms with Crippen molar-refractivity contribution >= 4 is 6.16 Å². The van der Waals surface area contributed by atoms with Gasteiger partial charge in [-0.3, -0.25) is 0 Å². The lowest BCUT2D eigenvalue weighted by atomic mass is 9.77. The van der Waals surface area contributed by atoms with Gasteiger partial charge in [-0.2, -0.15) is 0 Å². The molecule has 1 aliphatic carbocycles. The summed E-state index contributed by atoms with van der Waals surface area (Å²) in [5.74, 6) is 2.40. The van der Waals surface area contributed by atoms with Gasteiger partial charge in [-0.25, -0.2) is 9.18 Å². The lowest BCUT2D eigenvalue weighted by molar-refractivity contribution is 0.152. The fourth-order valence-corrected chi connectivity index (χ4v) is 4.77. The van der Waals surface area contributed by atoms with Gasteiger partial charge in [0.1, 0.15) is 23.1 Å². The van der Waals surface area contributed by atoms with Crippen LogP contribution in [0.4, 0.5) is 9.18 Å². The van der Waals surface area contributed by atoms with Crippen molar-refractivity contribution in [1.82, 2.24) is 0 Å². The number of benzene rings is 3. The van der Waals surface area contributed by atoms with Gasteiger partial charge in [-0.15, -0.1) is 0 Å². The Hall–Kier alpha value is -3.34. The van der Waals surface area contributed by atoms with E-state index in [1.807, 2.05) is 6.07 Å². The third kappa shape index (κ3) is 5.96. The highest BCUT2D eigenvalue weighted by Gasteiger charge is 2.22. The van der Waals surface area contributed by atoms with Crippen molar-refractivity contribution in [3.05, 3.63) is 78.1 Å². The van der Waals surface area contributed by atoms with Crippen LogP contribution >= 0.6 is 0 Å². The summed E-state index contributed by atoms with van der Waals surface area (Å²) in [5, 5.41) is 0. The molecule has 0 bridgehead atoms. The summed E-state index contributed by atoms with van der Waals surface area (Å²) in [5.41, 5.74) is 2.36. The molecule has 0 aliphatic heterocycles. The van der Waals surface area contributed by atoms with E-state index in [4.69, 9.17) is 14.2 Å². The van der Waals surface area contributed by atoms with Gasteiger partial charge in [0.15, 0.2) is 0 Å². The molecule has 0 atom stereocenters. The zero-order valence-corrected chi connectivity index (χ0v) is 19.8. The molecule has 4 nitrogen and oxygen atoms in total. The molecule has 0 amide bonds. The number of carbonyl (C=O) groups excluding carboxylic acids is 1. The van der Waals surface area contributed by atoms with Crippen LogP contribution in [0.2, 0.25) is 0 Å². The molecule has 0 saturated heterocycles. The first-order valence-corrected chi connectivity index (χ1v) is 12.0. The van der Waals surface area contributed by atoms with Crippen molar-refractivity contribution in [3.63, 3.8) is 0 Å². The van der Waals surface area contributed by atoms with Gasteiger partial charge in [0.2, 0.25) is 0 Å². The van der Waals surface area contributed by atoms with Crippen LogP contribution in [0, 0.1) is 11.7 Å². The van der Waals surface area contributed by atoms with Crippen molar-refractivity contribution in [2.24, 2.45) is 5.92 Å². The Bertz CT molecular complexity index is 1080. The maximum absolute atomic E-state index is 15.0. The van der Waals surface area contributed by atoms with E-state index in [0.29, 0.717) is 28.7 Å². The van der Waals surface area contributed by atoms with Crippen LogP contribution in [0.25, 0.3) is 11.1 Å². The maximum Gasteiger partial charge on any atom is 0.519 e. The highest BCUT2D eigenvalue weighted by Crippen LogP contribution is 2.38. The lowest BCUT2D eigenvalue weighted by Crippen LogP contribution is -2.13. The minimum absolute atomic E-state index is 0.222. The monoisotopic (exact) mass is 462 g/mol. The van der Waals surface area contributed by atoms with E-state index in [-0.39, 0.29) is 5.82 Å². The van der Waals surface area contributed by atoms with Crippen LogP contribution in [-0.2, 0) is 0 Å². The molecule has 0 aromatic heterocycles. The molecule has 34 heavy (non-hydrogen) atoms. The van der Waals surface area contributed by atoms with Gasteiger partial charge >= 0.3 is 6.16 Å². The molecule has 3 aromatic rings. The summed E-state index contributed by atoms with van der Waals surface area (Å²) in [4.78, 5) is 12.1. The Kier molecular flexibility index (Phi) is 7.84. The average molecular weight is 463 g/mol. The SMILES string of the molecule is CCC[C@H]1CC[C@H](c2ccc(-c3ccc(OC(=O)Oc4ccc(OC)cc4)cc3)c(F)c2)CC1. The van der Waals surface area contributed by atoms with Crippen molar-refractivity contribution in [1.29, 1.82) is 0 Å². The molecule has 0 radical (unpaired) electrons. The first-order valence-electron chi connectivity index (χ1n) is 12.0. The third-order valence-electron chi connectivity index (χ3n) is 6.64. The molecule has 0 N–H and O–H groups in total. The molecule has 0 spiro atoms. The second-order valence-electron chi connectivity index (χ2n) is 8.90. The quantitative estimate of drug-likeness (QED) is 0.262. The normalized spacial score (nSPS) is 17.7. The van der Waals surface area contributed by atoms with Crippen LogP contribution in [0.15, 0.2) is 66.7 Å². The Morgan fingerprint density at radius 3 is 2.00 bits per heavy atom. The molecule has 5 heteroatoms.